The Balaban J connectivity index is 1.21. The molecule has 1 aliphatic heterocycles. The number of thiazole rings is 1. The van der Waals surface area contributed by atoms with Crippen molar-refractivity contribution in [2.45, 2.75) is 38.0 Å². The van der Waals surface area contributed by atoms with Gasteiger partial charge in [-0.1, -0.05) is 6.07 Å². The smallest absolute Gasteiger partial charge is 0.317 e. The van der Waals surface area contributed by atoms with Gasteiger partial charge in [-0.2, -0.15) is 0 Å². The minimum Gasteiger partial charge on any atom is -0.338 e. The number of hydrogen-bond donors (Lipinski definition) is 1. The normalized spacial score (nSPS) is 17.2. The van der Waals surface area contributed by atoms with Gasteiger partial charge >= 0.3 is 6.03 Å². The van der Waals surface area contributed by atoms with Crippen molar-refractivity contribution >= 4 is 17.4 Å². The largest absolute Gasteiger partial charge is 0.338 e. The molecule has 126 valence electrons. The highest BCUT2D eigenvalue weighted by molar-refractivity contribution is 7.11. The number of aryl methyl sites for hydroxylation is 2. The van der Waals surface area contributed by atoms with E-state index in [1.807, 2.05) is 40.6 Å². The van der Waals surface area contributed by atoms with Crippen LogP contribution < -0.4 is 5.32 Å². The maximum absolute atomic E-state index is 12.2. The minimum absolute atomic E-state index is 0.0310. The molecule has 0 aromatic carbocycles. The summed E-state index contributed by atoms with van der Waals surface area (Å²) >= 11 is 1.83. The van der Waals surface area contributed by atoms with Crippen LogP contribution >= 0.6 is 11.3 Å². The van der Waals surface area contributed by atoms with Crippen LogP contribution in [0.1, 0.15) is 40.0 Å². The Labute approximate surface area is 146 Å². The molecule has 0 saturated carbocycles. The van der Waals surface area contributed by atoms with Gasteiger partial charge in [0.15, 0.2) is 0 Å². The van der Waals surface area contributed by atoms with Gasteiger partial charge in [-0.3, -0.25) is 4.98 Å². The molecule has 2 aliphatic rings. The lowest BCUT2D eigenvalue weighted by atomic mass is 9.96. The number of urea groups is 1. The molecule has 2 aromatic heterocycles. The number of rotatable bonds is 4. The molecule has 3 heterocycles. The maximum atomic E-state index is 12.2. The molecule has 4 rings (SSSR count). The number of likely N-dealkylation sites (tertiary alicyclic amines) is 1. The van der Waals surface area contributed by atoms with Gasteiger partial charge in [-0.15, -0.1) is 11.3 Å². The highest BCUT2D eigenvalue weighted by Crippen LogP contribution is 2.27. The molecule has 2 amide bonds. The van der Waals surface area contributed by atoms with Gasteiger partial charge in [0.25, 0.3) is 0 Å². The number of aromatic nitrogens is 2. The highest BCUT2D eigenvalue weighted by atomic mass is 32.1. The van der Waals surface area contributed by atoms with Crippen molar-refractivity contribution in [3.05, 3.63) is 45.7 Å². The number of hydrogen-bond acceptors (Lipinski definition) is 4. The topological polar surface area (TPSA) is 58.1 Å². The summed E-state index contributed by atoms with van der Waals surface area (Å²) in [7, 11) is 0. The first kappa shape index (κ1) is 15.6. The summed E-state index contributed by atoms with van der Waals surface area (Å²) in [5.74, 6) is 0.377. The van der Waals surface area contributed by atoms with E-state index in [4.69, 9.17) is 4.98 Å². The lowest BCUT2D eigenvalue weighted by molar-refractivity contribution is 0.150. The van der Waals surface area contributed by atoms with Crippen molar-refractivity contribution in [3.63, 3.8) is 0 Å². The van der Waals surface area contributed by atoms with Crippen LogP contribution in [0, 0.1) is 0 Å². The molecule has 0 radical (unpaired) electrons. The molecule has 0 bridgehead atoms. The van der Waals surface area contributed by atoms with Crippen LogP contribution in [-0.2, 0) is 19.3 Å². The summed E-state index contributed by atoms with van der Waals surface area (Å²) in [5.41, 5.74) is 2.38. The minimum atomic E-state index is 0.0310. The number of carbonyl (C=O) groups is 1. The first-order valence-corrected chi connectivity index (χ1v) is 9.52. The van der Waals surface area contributed by atoms with Crippen LogP contribution in [0.2, 0.25) is 0 Å². The van der Waals surface area contributed by atoms with E-state index in [-0.39, 0.29) is 6.03 Å². The Bertz CT molecular complexity index is 686. The summed E-state index contributed by atoms with van der Waals surface area (Å²) < 4.78 is 0. The van der Waals surface area contributed by atoms with E-state index in [1.165, 1.54) is 29.8 Å². The molecule has 1 fully saturated rings. The monoisotopic (exact) mass is 342 g/mol. The third kappa shape index (κ3) is 3.29. The summed E-state index contributed by atoms with van der Waals surface area (Å²) in [5, 5.41) is 4.18. The van der Waals surface area contributed by atoms with Crippen molar-refractivity contribution in [2.75, 3.05) is 19.6 Å². The first-order valence-electron chi connectivity index (χ1n) is 8.71. The molecular weight excluding hydrogens is 320 g/mol. The van der Waals surface area contributed by atoms with Crippen LogP contribution in [0.5, 0.6) is 0 Å². The van der Waals surface area contributed by atoms with Crippen molar-refractivity contribution in [1.29, 1.82) is 0 Å². The summed E-state index contributed by atoms with van der Waals surface area (Å²) in [6.07, 6.45) is 7.51. The van der Waals surface area contributed by atoms with E-state index >= 15 is 0 Å². The van der Waals surface area contributed by atoms with E-state index in [0.717, 1.165) is 36.6 Å². The van der Waals surface area contributed by atoms with E-state index < -0.39 is 0 Å². The van der Waals surface area contributed by atoms with Gasteiger partial charge in [-0.25, -0.2) is 9.78 Å². The van der Waals surface area contributed by atoms with Crippen molar-refractivity contribution < 1.29 is 4.79 Å². The highest BCUT2D eigenvalue weighted by Gasteiger charge is 2.32. The molecule has 2 aromatic rings. The fraction of sp³-hybridized carbons (Fsp3) is 0.500. The summed E-state index contributed by atoms with van der Waals surface area (Å²) in [4.78, 5) is 24.6. The molecular formula is C18H22N4OS. The molecule has 0 unspecified atom stereocenters. The standard InChI is InChI=1S/C18H22N4OS/c23-18(22-11-13(12-22)14-5-3-4-9-19-14)20-10-8-17-21-15-6-1-2-7-16(15)24-17/h3-5,9,13H,1-2,6-8,10-12H2,(H,20,23). The second-order valence-electron chi connectivity index (χ2n) is 6.52. The lowest BCUT2D eigenvalue weighted by Gasteiger charge is -2.38. The number of pyridine rings is 1. The number of carbonyl (C=O) groups excluding carboxylic acids is 1. The SMILES string of the molecule is O=C(NCCc1nc2c(s1)CCCC2)N1CC(c2ccccn2)C1. The first-order chi connectivity index (χ1) is 11.8. The average molecular weight is 342 g/mol. The molecule has 1 saturated heterocycles. The second-order valence-corrected chi connectivity index (χ2v) is 7.69. The quantitative estimate of drug-likeness (QED) is 0.929. The Morgan fingerprint density at radius 1 is 1.29 bits per heavy atom. The second kappa shape index (κ2) is 6.89. The van der Waals surface area contributed by atoms with Crippen LogP contribution in [0.4, 0.5) is 4.79 Å². The fourth-order valence-corrected chi connectivity index (χ4v) is 4.51. The van der Waals surface area contributed by atoms with Crippen LogP contribution in [0.25, 0.3) is 0 Å². The maximum Gasteiger partial charge on any atom is 0.317 e. The zero-order chi connectivity index (χ0) is 16.4. The van der Waals surface area contributed by atoms with Gasteiger partial charge < -0.3 is 10.2 Å². The Kier molecular flexibility index (Phi) is 4.47. The predicted octanol–water partition coefficient (Wildman–Crippen LogP) is 2.77. The number of fused-ring (bicyclic) bond motifs is 1. The van der Waals surface area contributed by atoms with Crippen molar-refractivity contribution in [3.8, 4) is 0 Å². The number of amides is 2. The van der Waals surface area contributed by atoms with Crippen LogP contribution in [0.15, 0.2) is 24.4 Å². The number of nitrogens with one attached hydrogen (secondary N) is 1. The Morgan fingerprint density at radius 2 is 2.17 bits per heavy atom. The Hall–Kier alpha value is -1.95. The molecule has 6 heteroatoms. The fourth-order valence-electron chi connectivity index (χ4n) is 3.35. The lowest BCUT2D eigenvalue weighted by Crippen LogP contribution is -2.53. The average Bonchev–Trinajstić information content (AvgIpc) is 2.97. The molecule has 24 heavy (non-hydrogen) atoms. The predicted molar refractivity (Wildman–Crippen MR) is 94.4 cm³/mol. The molecule has 1 N–H and O–H groups in total. The summed E-state index contributed by atoms with van der Waals surface area (Å²) in [6, 6.07) is 5.98. The molecule has 1 aliphatic carbocycles. The van der Waals surface area contributed by atoms with Crippen molar-refractivity contribution in [2.24, 2.45) is 0 Å². The van der Waals surface area contributed by atoms with E-state index in [1.54, 1.807) is 0 Å². The summed E-state index contributed by atoms with van der Waals surface area (Å²) in [6.45, 7) is 2.18. The third-order valence-corrected chi connectivity index (χ3v) is 6.00. The number of nitrogens with zero attached hydrogens (tertiary/aromatic N) is 3. The molecule has 0 spiro atoms. The van der Waals surface area contributed by atoms with E-state index in [2.05, 4.69) is 10.3 Å². The molecule has 0 atom stereocenters. The van der Waals surface area contributed by atoms with Gasteiger partial charge in [-0.05, 0) is 37.8 Å². The third-order valence-electron chi connectivity index (χ3n) is 4.78. The Morgan fingerprint density at radius 3 is 2.96 bits per heavy atom. The van der Waals surface area contributed by atoms with E-state index in [9.17, 15) is 4.79 Å². The zero-order valence-corrected chi connectivity index (χ0v) is 14.5. The van der Waals surface area contributed by atoms with Gasteiger partial charge in [0.2, 0.25) is 0 Å². The van der Waals surface area contributed by atoms with Crippen LogP contribution in [-0.4, -0.2) is 40.5 Å². The van der Waals surface area contributed by atoms with Crippen molar-refractivity contribution in [1.82, 2.24) is 20.2 Å². The zero-order valence-electron chi connectivity index (χ0n) is 13.7. The van der Waals surface area contributed by atoms with Gasteiger partial charge in [0.1, 0.15) is 0 Å². The van der Waals surface area contributed by atoms with Gasteiger partial charge in [0, 0.05) is 48.7 Å². The van der Waals surface area contributed by atoms with Gasteiger partial charge in [0.05, 0.1) is 10.7 Å². The molecule has 5 nitrogen and oxygen atoms in total. The van der Waals surface area contributed by atoms with Crippen LogP contribution in [0.3, 0.4) is 0 Å². The van der Waals surface area contributed by atoms with E-state index in [0.29, 0.717) is 12.5 Å².